The third kappa shape index (κ3) is 14.1. The lowest BCUT2D eigenvalue weighted by molar-refractivity contribution is -0.196. The van der Waals surface area contributed by atoms with Crippen molar-refractivity contribution in [3.05, 3.63) is 0 Å². The second-order valence-electron chi connectivity index (χ2n) is 12.1. The fourth-order valence-electron chi connectivity index (χ4n) is 5.60. The van der Waals surface area contributed by atoms with Crippen LogP contribution in [0.1, 0.15) is 162 Å². The minimum atomic E-state index is -3.22. The maximum absolute atomic E-state index is 13.1. The number of rotatable bonds is 28. The second kappa shape index (κ2) is 21.7. The molecule has 0 bridgehead atoms. The summed E-state index contributed by atoms with van der Waals surface area (Å²) in [5.74, 6) is -5.54. The number of unbranched alkanes of at least 4 members (excludes halogenated alkanes) is 16. The monoisotopic (exact) mass is 570 g/mol. The number of aliphatic hydroxyl groups is 1. The molecule has 0 aliphatic carbocycles. The largest absolute Gasteiger partial charge is 0.481 e. The van der Waals surface area contributed by atoms with E-state index in [0.717, 1.165) is 38.0 Å². The van der Waals surface area contributed by atoms with Gasteiger partial charge >= 0.3 is 17.9 Å². The number of aliphatic carboxylic acids is 3. The number of Topliss-reactive ketones (excluding diaryl/α,β-unsaturated/α-hetero) is 1. The predicted molar refractivity (Wildman–Crippen MR) is 157 cm³/mol. The summed E-state index contributed by atoms with van der Waals surface area (Å²) in [5, 5.41) is 39.9. The van der Waals surface area contributed by atoms with Crippen molar-refractivity contribution in [3.8, 4) is 0 Å². The quantitative estimate of drug-likeness (QED) is 0.0550. The van der Waals surface area contributed by atoms with E-state index in [9.17, 15) is 39.6 Å². The lowest BCUT2D eigenvalue weighted by atomic mass is 9.63. The zero-order valence-corrected chi connectivity index (χ0v) is 25.6. The van der Waals surface area contributed by atoms with Crippen molar-refractivity contribution >= 4 is 23.7 Å². The first-order chi connectivity index (χ1) is 19.0. The second-order valence-corrected chi connectivity index (χ2v) is 12.1. The highest BCUT2D eigenvalue weighted by atomic mass is 16.4. The lowest BCUT2D eigenvalue weighted by Crippen LogP contribution is -2.63. The number of carboxylic acid groups (broad SMARTS) is 3. The van der Waals surface area contributed by atoms with Crippen LogP contribution in [0, 0.1) is 11.3 Å². The Morgan fingerprint density at radius 1 is 0.600 bits per heavy atom. The van der Waals surface area contributed by atoms with Gasteiger partial charge in [-0.25, -0.2) is 4.79 Å². The first-order valence-electron chi connectivity index (χ1n) is 15.9. The molecule has 234 valence electrons. The van der Waals surface area contributed by atoms with Gasteiger partial charge in [-0.15, -0.1) is 0 Å². The molecule has 8 nitrogen and oxygen atoms in total. The molecule has 0 saturated heterocycles. The van der Waals surface area contributed by atoms with Crippen LogP contribution < -0.4 is 0 Å². The summed E-state index contributed by atoms with van der Waals surface area (Å²) in [6, 6.07) is 0. The number of carboxylic acids is 3. The molecule has 0 spiro atoms. The molecule has 0 aromatic heterocycles. The van der Waals surface area contributed by atoms with Gasteiger partial charge in [0.1, 0.15) is 0 Å². The Morgan fingerprint density at radius 3 is 1.38 bits per heavy atom. The van der Waals surface area contributed by atoms with Gasteiger partial charge in [-0.2, -0.15) is 0 Å². The first kappa shape index (κ1) is 38.0. The molecule has 0 aliphatic heterocycles. The van der Waals surface area contributed by atoms with E-state index < -0.39 is 47.5 Å². The van der Waals surface area contributed by atoms with Crippen LogP contribution in [0.3, 0.4) is 0 Å². The highest BCUT2D eigenvalue weighted by molar-refractivity contribution is 6.09. The van der Waals surface area contributed by atoms with Crippen molar-refractivity contribution < 1.29 is 39.6 Å². The molecule has 0 saturated carbocycles. The normalized spacial score (nSPS) is 14.5. The highest BCUT2D eigenvalue weighted by Gasteiger charge is 2.65. The van der Waals surface area contributed by atoms with Gasteiger partial charge < -0.3 is 20.4 Å². The smallest absolute Gasteiger partial charge is 0.338 e. The van der Waals surface area contributed by atoms with Crippen LogP contribution in [-0.4, -0.2) is 49.7 Å². The molecule has 0 fully saturated rings. The third-order valence-electron chi connectivity index (χ3n) is 8.15. The van der Waals surface area contributed by atoms with Gasteiger partial charge in [0.05, 0.1) is 6.42 Å². The molecule has 2 unspecified atom stereocenters. The average Bonchev–Trinajstić information content (AvgIpc) is 2.87. The van der Waals surface area contributed by atoms with Crippen molar-refractivity contribution in [2.24, 2.45) is 11.3 Å². The van der Waals surface area contributed by atoms with Gasteiger partial charge in [-0.3, -0.25) is 14.4 Å². The van der Waals surface area contributed by atoms with Crippen LogP contribution in [0.15, 0.2) is 0 Å². The Bertz CT molecular complexity index is 734. The van der Waals surface area contributed by atoms with E-state index in [0.29, 0.717) is 19.3 Å². The average molecular weight is 571 g/mol. The molecule has 0 heterocycles. The summed E-state index contributed by atoms with van der Waals surface area (Å²) in [6.07, 6.45) is 17.6. The number of carbonyl (C=O) groups is 4. The van der Waals surface area contributed by atoms with E-state index in [4.69, 9.17) is 0 Å². The third-order valence-corrected chi connectivity index (χ3v) is 8.15. The zero-order chi connectivity index (χ0) is 30.4. The molecule has 4 N–H and O–H groups in total. The van der Waals surface area contributed by atoms with E-state index in [1.54, 1.807) is 0 Å². The molecule has 0 rings (SSSR count). The summed E-state index contributed by atoms with van der Waals surface area (Å²) in [6.45, 7) is 6.47. The van der Waals surface area contributed by atoms with Crippen LogP contribution in [0.5, 0.6) is 0 Å². The minimum Gasteiger partial charge on any atom is -0.481 e. The van der Waals surface area contributed by atoms with Crippen molar-refractivity contribution in [1.82, 2.24) is 0 Å². The van der Waals surface area contributed by atoms with Crippen LogP contribution in [0.4, 0.5) is 0 Å². The first-order valence-corrected chi connectivity index (χ1v) is 15.9. The molecule has 0 amide bonds. The number of ketones is 1. The number of carbonyl (C=O) groups excluding carboxylic acids is 1. The van der Waals surface area contributed by atoms with Crippen LogP contribution in [0.2, 0.25) is 0 Å². The molecule has 0 radical (unpaired) electrons. The fourth-order valence-corrected chi connectivity index (χ4v) is 5.60. The summed E-state index contributed by atoms with van der Waals surface area (Å²) in [4.78, 5) is 48.9. The summed E-state index contributed by atoms with van der Waals surface area (Å²) in [7, 11) is 0. The van der Waals surface area contributed by atoms with E-state index >= 15 is 0 Å². The Balaban J connectivity index is 4.54. The standard InChI is InChI=1S/C32H58O8/c1-4-5-19-23-27(33)31(29(36)37,32(40,30(38)39)25-28(34)35)24-21-18-16-14-12-10-8-6-7-9-11-13-15-17-20-22-26(2)3/h26,40H,4-25H2,1-3H3,(H,34,35)(H,36,37)(H,38,39). The van der Waals surface area contributed by atoms with Gasteiger partial charge in [0.25, 0.3) is 0 Å². The van der Waals surface area contributed by atoms with Gasteiger partial charge in [0, 0.05) is 6.42 Å². The molecule has 2 atom stereocenters. The van der Waals surface area contributed by atoms with Gasteiger partial charge in [0.2, 0.25) is 0 Å². The Hall–Kier alpha value is -1.96. The molecule has 0 aliphatic rings. The van der Waals surface area contributed by atoms with Crippen molar-refractivity contribution in [2.45, 2.75) is 168 Å². The molecule has 0 aromatic rings. The molecule has 40 heavy (non-hydrogen) atoms. The highest BCUT2D eigenvalue weighted by Crippen LogP contribution is 2.43. The van der Waals surface area contributed by atoms with E-state index in [1.165, 1.54) is 64.2 Å². The Morgan fingerprint density at radius 2 is 1.02 bits per heavy atom. The van der Waals surface area contributed by atoms with E-state index in [-0.39, 0.29) is 12.8 Å². The molecule has 8 heteroatoms. The van der Waals surface area contributed by atoms with Crippen molar-refractivity contribution in [3.63, 3.8) is 0 Å². The molecular weight excluding hydrogens is 512 g/mol. The van der Waals surface area contributed by atoms with Crippen LogP contribution in [-0.2, 0) is 19.2 Å². The Labute approximate surface area is 242 Å². The van der Waals surface area contributed by atoms with Crippen molar-refractivity contribution in [1.29, 1.82) is 0 Å². The SMILES string of the molecule is CCCCCC(=O)C(CCCCCCCCCCCCCCCCCC(C)C)(C(=O)O)C(O)(CC(=O)O)C(=O)O. The molecular formula is C32H58O8. The summed E-state index contributed by atoms with van der Waals surface area (Å²) in [5.41, 5.74) is -5.92. The van der Waals surface area contributed by atoms with Crippen LogP contribution >= 0.6 is 0 Å². The summed E-state index contributed by atoms with van der Waals surface area (Å²) < 4.78 is 0. The van der Waals surface area contributed by atoms with E-state index in [2.05, 4.69) is 13.8 Å². The Kier molecular flexibility index (Phi) is 20.7. The van der Waals surface area contributed by atoms with E-state index in [1.807, 2.05) is 6.92 Å². The maximum atomic E-state index is 13.1. The predicted octanol–water partition coefficient (Wildman–Crippen LogP) is 7.78. The fraction of sp³-hybridized carbons (Fsp3) is 0.875. The minimum absolute atomic E-state index is 0.215. The zero-order valence-electron chi connectivity index (χ0n) is 25.6. The van der Waals surface area contributed by atoms with Crippen LogP contribution in [0.25, 0.3) is 0 Å². The maximum Gasteiger partial charge on any atom is 0.338 e. The van der Waals surface area contributed by atoms with Crippen molar-refractivity contribution in [2.75, 3.05) is 0 Å². The number of hydrogen-bond donors (Lipinski definition) is 4. The summed E-state index contributed by atoms with van der Waals surface area (Å²) >= 11 is 0. The van der Waals surface area contributed by atoms with Gasteiger partial charge in [-0.1, -0.05) is 136 Å². The molecule has 0 aromatic carbocycles. The van der Waals surface area contributed by atoms with Gasteiger partial charge in [0.15, 0.2) is 16.8 Å². The van der Waals surface area contributed by atoms with Gasteiger partial charge in [-0.05, 0) is 18.8 Å². The topological polar surface area (TPSA) is 149 Å². The lowest BCUT2D eigenvalue weighted by Gasteiger charge is -2.39. The number of hydrogen-bond acceptors (Lipinski definition) is 5.